The first kappa shape index (κ1) is 23.0. The van der Waals surface area contributed by atoms with Crippen molar-refractivity contribution in [3.05, 3.63) is 0 Å². The lowest BCUT2D eigenvalue weighted by molar-refractivity contribution is -0.121. The normalized spacial score (nSPS) is 20.9. The van der Waals surface area contributed by atoms with E-state index in [1.165, 1.54) is 19.3 Å². The van der Waals surface area contributed by atoms with E-state index in [0.717, 1.165) is 12.8 Å². The van der Waals surface area contributed by atoms with Gasteiger partial charge in [-0.05, 0) is 46.5 Å². The van der Waals surface area contributed by atoms with Crippen LogP contribution in [0.4, 0.5) is 0 Å². The number of hydrogen-bond acceptors (Lipinski definition) is 6. The minimum atomic E-state index is 0.00571. The van der Waals surface area contributed by atoms with Crippen molar-refractivity contribution in [3.8, 4) is 0 Å². The minimum absolute atomic E-state index is 0.00571. The molecular formula is C17H36N4O3. The zero-order chi connectivity index (χ0) is 18.4. The predicted octanol–water partition coefficient (Wildman–Crippen LogP) is 0.960. The number of unbranched alkanes of at least 4 members (excludes halogenated alkanes) is 1. The molecule has 1 fully saturated rings. The summed E-state index contributed by atoms with van der Waals surface area (Å²) in [6.07, 6.45) is 5.95. The Hall–Kier alpha value is -1.02. The van der Waals surface area contributed by atoms with E-state index >= 15 is 0 Å². The molecule has 2 atom stereocenters. The second-order valence-electron chi connectivity index (χ2n) is 6.47. The molecule has 7 heteroatoms. The van der Waals surface area contributed by atoms with Gasteiger partial charge in [-0.25, -0.2) is 5.90 Å². The maximum Gasteiger partial charge on any atom is 0.221 e. The van der Waals surface area contributed by atoms with E-state index in [-0.39, 0.29) is 11.7 Å². The largest absolute Gasteiger partial charge is 0.356 e. The van der Waals surface area contributed by atoms with Gasteiger partial charge in [0.15, 0.2) is 0 Å². The molecule has 5 N–H and O–H groups in total. The van der Waals surface area contributed by atoms with Crippen LogP contribution in [0.15, 0.2) is 0 Å². The molecule has 0 aliphatic carbocycles. The fraction of sp³-hybridized carbons (Fsp3) is 0.882. The molecule has 0 aromatic heterocycles. The zero-order valence-corrected chi connectivity index (χ0v) is 15.6. The van der Waals surface area contributed by atoms with Crippen LogP contribution >= 0.6 is 0 Å². The van der Waals surface area contributed by atoms with Gasteiger partial charge in [0.05, 0.1) is 13.2 Å². The van der Waals surface area contributed by atoms with Gasteiger partial charge in [-0.2, -0.15) is 0 Å². The van der Waals surface area contributed by atoms with E-state index in [9.17, 15) is 9.59 Å². The fourth-order valence-electron chi connectivity index (χ4n) is 2.80. The highest BCUT2D eigenvalue weighted by atomic mass is 16.6. The molecule has 142 valence electrons. The summed E-state index contributed by atoms with van der Waals surface area (Å²) in [7, 11) is 0. The number of carbonyl (C=O) groups excluding carboxylic acids is 2. The molecule has 1 aliphatic rings. The summed E-state index contributed by atoms with van der Waals surface area (Å²) >= 11 is 0. The maximum absolute atomic E-state index is 11.0. The van der Waals surface area contributed by atoms with E-state index in [2.05, 4.69) is 28.9 Å². The van der Waals surface area contributed by atoms with Gasteiger partial charge in [-0.1, -0.05) is 6.42 Å². The Morgan fingerprint density at radius 2 is 1.83 bits per heavy atom. The Morgan fingerprint density at radius 1 is 1.21 bits per heavy atom. The van der Waals surface area contributed by atoms with Crippen LogP contribution < -0.4 is 16.9 Å². The SMILES string of the molecule is CC(=O)CN1C(C)CCCC1C.NCCC(=O)NCCCCON. The lowest BCUT2D eigenvalue weighted by Gasteiger charge is -2.38. The van der Waals surface area contributed by atoms with Crippen molar-refractivity contribution in [1.82, 2.24) is 10.2 Å². The molecule has 0 spiro atoms. The van der Waals surface area contributed by atoms with Gasteiger partial charge < -0.3 is 15.9 Å². The number of carbonyl (C=O) groups is 2. The highest BCUT2D eigenvalue weighted by molar-refractivity contribution is 5.77. The highest BCUT2D eigenvalue weighted by Gasteiger charge is 2.24. The van der Waals surface area contributed by atoms with E-state index in [1.54, 1.807) is 6.92 Å². The second kappa shape index (κ2) is 14.3. The summed E-state index contributed by atoms with van der Waals surface area (Å²) in [4.78, 5) is 28.5. The van der Waals surface area contributed by atoms with E-state index < -0.39 is 0 Å². The zero-order valence-electron chi connectivity index (χ0n) is 15.6. The third-order valence-corrected chi connectivity index (χ3v) is 4.16. The van der Waals surface area contributed by atoms with Crippen LogP contribution in [0.1, 0.15) is 59.3 Å². The van der Waals surface area contributed by atoms with Gasteiger partial charge in [-0.3, -0.25) is 14.5 Å². The summed E-state index contributed by atoms with van der Waals surface area (Å²) < 4.78 is 0. The molecule has 1 amide bonds. The van der Waals surface area contributed by atoms with Crippen LogP contribution in [0.2, 0.25) is 0 Å². The fourth-order valence-corrected chi connectivity index (χ4v) is 2.80. The summed E-state index contributed by atoms with van der Waals surface area (Å²) in [5.74, 6) is 5.11. The Balaban J connectivity index is 0.000000441. The second-order valence-corrected chi connectivity index (χ2v) is 6.47. The number of hydrogen-bond donors (Lipinski definition) is 3. The molecular weight excluding hydrogens is 308 g/mol. The molecule has 0 saturated carbocycles. The number of nitrogens with one attached hydrogen (secondary N) is 1. The molecule has 24 heavy (non-hydrogen) atoms. The Bertz CT molecular complexity index is 343. The molecule has 0 aromatic rings. The van der Waals surface area contributed by atoms with Crippen molar-refractivity contribution in [2.45, 2.75) is 71.4 Å². The average Bonchev–Trinajstić information content (AvgIpc) is 2.52. The van der Waals surface area contributed by atoms with Crippen molar-refractivity contribution in [2.24, 2.45) is 11.6 Å². The van der Waals surface area contributed by atoms with Crippen molar-refractivity contribution in [2.75, 3.05) is 26.2 Å². The molecule has 1 saturated heterocycles. The van der Waals surface area contributed by atoms with Crippen molar-refractivity contribution < 1.29 is 14.4 Å². The summed E-state index contributed by atoms with van der Waals surface area (Å²) in [5.41, 5.74) is 5.18. The van der Waals surface area contributed by atoms with Crippen molar-refractivity contribution >= 4 is 11.7 Å². The number of rotatable bonds is 9. The number of piperidine rings is 1. The summed E-state index contributed by atoms with van der Waals surface area (Å²) in [6.45, 7) is 8.36. The number of Topliss-reactive ketones (excluding diaryl/α,β-unsaturated/α-hetero) is 1. The number of amides is 1. The van der Waals surface area contributed by atoms with Crippen LogP contribution in [-0.4, -0.2) is 54.9 Å². The van der Waals surface area contributed by atoms with Crippen LogP contribution in [0, 0.1) is 0 Å². The molecule has 1 rings (SSSR count). The molecule has 0 bridgehead atoms. The predicted molar refractivity (Wildman–Crippen MR) is 96.2 cm³/mol. The molecule has 1 heterocycles. The van der Waals surface area contributed by atoms with Gasteiger partial charge in [0.25, 0.3) is 0 Å². The Morgan fingerprint density at radius 3 is 2.33 bits per heavy atom. The molecule has 1 aliphatic heterocycles. The monoisotopic (exact) mass is 344 g/mol. The van der Waals surface area contributed by atoms with Crippen LogP contribution in [0.5, 0.6) is 0 Å². The van der Waals surface area contributed by atoms with Crippen molar-refractivity contribution in [3.63, 3.8) is 0 Å². The van der Waals surface area contributed by atoms with E-state index in [1.807, 2.05) is 0 Å². The van der Waals surface area contributed by atoms with Crippen molar-refractivity contribution in [1.29, 1.82) is 0 Å². The van der Waals surface area contributed by atoms with Gasteiger partial charge in [0.1, 0.15) is 5.78 Å². The third-order valence-electron chi connectivity index (χ3n) is 4.16. The summed E-state index contributed by atoms with van der Waals surface area (Å²) in [6, 6.07) is 1.19. The lowest BCUT2D eigenvalue weighted by atomic mass is 9.97. The molecule has 7 nitrogen and oxygen atoms in total. The first-order valence-electron chi connectivity index (χ1n) is 8.96. The number of nitrogens with zero attached hydrogens (tertiary/aromatic N) is 1. The minimum Gasteiger partial charge on any atom is -0.356 e. The van der Waals surface area contributed by atoms with Gasteiger partial charge in [0.2, 0.25) is 5.91 Å². The van der Waals surface area contributed by atoms with Crippen LogP contribution in [0.3, 0.4) is 0 Å². The lowest BCUT2D eigenvalue weighted by Crippen LogP contribution is -2.45. The third kappa shape index (κ3) is 11.5. The first-order chi connectivity index (χ1) is 11.4. The standard InChI is InChI=1S/C10H19NO.C7H17N3O2/c1-8-5-4-6-9(2)11(8)7-10(3)12;8-4-3-7(11)10-5-1-2-6-12-9/h8-9H,4-7H2,1-3H3;1-6,8-9H2,(H,10,11). The van der Waals surface area contributed by atoms with Gasteiger partial charge >= 0.3 is 0 Å². The smallest absolute Gasteiger partial charge is 0.221 e. The molecule has 0 aromatic carbocycles. The maximum atomic E-state index is 11.0. The van der Waals surface area contributed by atoms with E-state index in [0.29, 0.717) is 44.7 Å². The summed E-state index contributed by atoms with van der Waals surface area (Å²) in [5, 5.41) is 2.73. The average molecular weight is 345 g/mol. The Labute approximate surface area is 146 Å². The first-order valence-corrected chi connectivity index (χ1v) is 8.96. The highest BCUT2D eigenvalue weighted by Crippen LogP contribution is 2.21. The number of ketones is 1. The van der Waals surface area contributed by atoms with Crippen LogP contribution in [0.25, 0.3) is 0 Å². The molecule has 2 unspecified atom stereocenters. The number of nitrogens with two attached hydrogens (primary N) is 2. The van der Waals surface area contributed by atoms with E-state index in [4.69, 9.17) is 11.6 Å². The van der Waals surface area contributed by atoms with Gasteiger partial charge in [-0.15, -0.1) is 0 Å². The quantitative estimate of drug-likeness (QED) is 0.424. The number of likely N-dealkylation sites (tertiary alicyclic amines) is 1. The van der Waals surface area contributed by atoms with Crippen LogP contribution in [-0.2, 0) is 14.4 Å². The van der Waals surface area contributed by atoms with Gasteiger partial charge in [0, 0.05) is 31.6 Å². The molecule has 0 radical (unpaired) electrons. The Kier molecular flexibility index (Phi) is 13.7. The topological polar surface area (TPSA) is 111 Å².